The first kappa shape index (κ1) is 44.9. The van der Waals surface area contributed by atoms with Crippen molar-refractivity contribution in [2.45, 2.75) is 115 Å². The van der Waals surface area contributed by atoms with E-state index < -0.39 is 45.7 Å². The van der Waals surface area contributed by atoms with Crippen molar-refractivity contribution in [3.8, 4) is 0 Å². The number of unbranched alkanes of at least 4 members (excludes halogenated alkanes) is 3. The summed E-state index contributed by atoms with van der Waals surface area (Å²) in [6.45, 7) is 8.12. The van der Waals surface area contributed by atoms with E-state index in [1.54, 1.807) is 32.9 Å². The Bertz CT molecular complexity index is 1570. The smallest absolute Gasteiger partial charge is 0.545 e. The molecule has 2 aliphatic carbocycles. The van der Waals surface area contributed by atoms with Gasteiger partial charge in [-0.05, 0) is 83.3 Å². The van der Waals surface area contributed by atoms with Gasteiger partial charge in [-0.15, -0.1) is 0 Å². The first-order valence-electron chi connectivity index (χ1n) is 17.4. The zero-order chi connectivity index (χ0) is 37.9. The predicted octanol–water partition coefficient (Wildman–Crippen LogP) is 1.96. The van der Waals surface area contributed by atoms with E-state index in [1.165, 1.54) is 35.1 Å². The van der Waals surface area contributed by atoms with Crippen LogP contribution < -0.4 is 40.6 Å². The molecule has 284 valence electrons. The van der Waals surface area contributed by atoms with E-state index in [0.29, 0.717) is 37.9 Å². The minimum atomic E-state index is -3.50. The number of nitrogens with two attached hydrogens (primary N) is 1. The number of carbonyl (C=O) groups excluding carboxylic acids is 4. The molecular formula is C35H51FN5NaO9S. The van der Waals surface area contributed by atoms with Crippen LogP contribution in [0.3, 0.4) is 0 Å². The summed E-state index contributed by atoms with van der Waals surface area (Å²) in [4.78, 5) is 59.3. The minimum absolute atomic E-state index is 0. The average Bonchev–Trinajstić information content (AvgIpc) is 3.94. The van der Waals surface area contributed by atoms with E-state index in [0.717, 1.165) is 24.8 Å². The topological polar surface area (TPSA) is 208 Å². The number of hydrogen-bond acceptors (Lipinski definition) is 8. The van der Waals surface area contributed by atoms with Gasteiger partial charge in [-0.2, -0.15) is 0 Å². The van der Waals surface area contributed by atoms with E-state index in [1.807, 2.05) is 0 Å². The molecular weight excluding hydrogens is 708 g/mol. The number of ether oxygens (including phenoxy) is 1. The number of allylic oxidation sites excluding steroid dienone is 2. The molecule has 1 saturated heterocycles. The molecule has 2 aliphatic heterocycles. The molecule has 0 radical (unpaired) electrons. The Hall–Kier alpha value is -3.21. The van der Waals surface area contributed by atoms with E-state index >= 15 is 0 Å². The second kappa shape index (κ2) is 20.3. The maximum atomic E-state index is 13.1. The van der Waals surface area contributed by atoms with Gasteiger partial charge in [0.1, 0.15) is 24.0 Å². The Balaban J connectivity index is 0.000000272. The van der Waals surface area contributed by atoms with E-state index in [4.69, 9.17) is 15.6 Å². The SMILES string of the molecule is CC(C)(C)OC(=O)NCC(=O)N1CCC[C@H]1C(N)=O.CCCCC/C=C\[C@@H]1C[C@@H]1C(=O)[N-]S(=O)(=O)C1CC1.O=C(O)N1Cc2cccc(F)c2C1.[Na+]. The number of sulfonamides is 1. The normalized spacial score (nSPS) is 20.3. The van der Waals surface area contributed by atoms with Crippen LogP contribution in [-0.4, -0.2) is 83.2 Å². The van der Waals surface area contributed by atoms with Gasteiger partial charge in [-0.25, -0.2) is 22.4 Å². The molecule has 0 unspecified atom stereocenters. The standard InChI is InChI=1S/C14H23NO3S.C12H21N3O4.C9H8FNO2.Na/c1-2-3-4-5-6-7-11-10-13(11)14(16)15-19(17,18)12-8-9-12;1-12(2,3)19-11(18)14-7-9(16)15-6-4-5-8(15)10(13)17;10-8-3-1-2-6-4-11(9(12)13)5-7(6)8;/h6-7,11-13H,2-5,8-10H2,1H3,(H,15,16);8H,4-7H2,1-3H3,(H2,13,17)(H,14,18);1-3H,4-5H2,(H,12,13);/q;;;+1/p-1/b7-6-;;;/t11-,13+;8-;;/m10../s1. The summed E-state index contributed by atoms with van der Waals surface area (Å²) in [7, 11) is -3.50. The Kier molecular flexibility index (Phi) is 17.5. The number of carbonyl (C=O) groups is 5. The van der Waals surface area contributed by atoms with Crippen molar-refractivity contribution in [2.75, 3.05) is 13.1 Å². The Labute approximate surface area is 327 Å². The Morgan fingerprint density at radius 3 is 2.38 bits per heavy atom. The summed E-state index contributed by atoms with van der Waals surface area (Å²) >= 11 is 0. The third-order valence-electron chi connectivity index (χ3n) is 8.56. The fourth-order valence-corrected chi connectivity index (χ4v) is 6.84. The largest absolute Gasteiger partial charge is 1.00 e. The number of hydrogen-bond donors (Lipinski definition) is 3. The molecule has 5 rings (SSSR count). The number of fused-ring (bicyclic) bond motifs is 1. The van der Waals surface area contributed by atoms with Gasteiger partial charge < -0.3 is 35.3 Å². The number of nitrogens with one attached hydrogen (secondary N) is 1. The molecule has 2 heterocycles. The van der Waals surface area contributed by atoms with Crippen LogP contribution in [0.1, 0.15) is 96.6 Å². The minimum Gasteiger partial charge on any atom is -0.545 e. The molecule has 3 atom stereocenters. The summed E-state index contributed by atoms with van der Waals surface area (Å²) in [6, 6.07) is 4.14. The zero-order valence-electron chi connectivity index (χ0n) is 30.8. The molecule has 52 heavy (non-hydrogen) atoms. The van der Waals surface area contributed by atoms with Crippen LogP contribution in [0.4, 0.5) is 14.0 Å². The van der Waals surface area contributed by atoms with E-state index in [2.05, 4.69) is 29.1 Å². The summed E-state index contributed by atoms with van der Waals surface area (Å²) in [5.74, 6) is -1.56. The first-order valence-corrected chi connectivity index (χ1v) is 18.9. The van der Waals surface area contributed by atoms with Crippen molar-refractivity contribution in [3.63, 3.8) is 0 Å². The number of alkyl carbamates (subject to hydrolysis) is 1. The summed E-state index contributed by atoms with van der Waals surface area (Å²) in [5, 5.41) is 10.7. The number of benzene rings is 1. The fourth-order valence-electron chi connectivity index (χ4n) is 5.57. The van der Waals surface area contributed by atoms with Crippen LogP contribution in [0.5, 0.6) is 0 Å². The molecule has 14 nitrogen and oxygen atoms in total. The molecule has 0 spiro atoms. The quantitative estimate of drug-likeness (QED) is 0.171. The van der Waals surface area contributed by atoms with Crippen molar-refractivity contribution in [1.29, 1.82) is 0 Å². The summed E-state index contributed by atoms with van der Waals surface area (Å²) < 4.78 is 44.7. The van der Waals surface area contributed by atoms with Crippen LogP contribution in [0.25, 0.3) is 4.72 Å². The maximum absolute atomic E-state index is 13.1. The number of amides is 5. The third kappa shape index (κ3) is 14.7. The summed E-state index contributed by atoms with van der Waals surface area (Å²) in [6.07, 6.45) is 10.6. The van der Waals surface area contributed by atoms with Crippen molar-refractivity contribution in [2.24, 2.45) is 17.6 Å². The van der Waals surface area contributed by atoms with Crippen molar-refractivity contribution < 1.29 is 76.2 Å². The number of primary amides is 1. The van der Waals surface area contributed by atoms with Crippen LogP contribution in [0, 0.1) is 17.7 Å². The van der Waals surface area contributed by atoms with Crippen molar-refractivity contribution >= 4 is 39.9 Å². The van der Waals surface area contributed by atoms with Crippen LogP contribution in [0.2, 0.25) is 0 Å². The molecule has 0 bridgehead atoms. The zero-order valence-corrected chi connectivity index (χ0v) is 33.6. The van der Waals surface area contributed by atoms with Gasteiger partial charge >= 0.3 is 41.7 Å². The third-order valence-corrected chi connectivity index (χ3v) is 10.3. The monoisotopic (exact) mass is 759 g/mol. The van der Waals surface area contributed by atoms with Crippen LogP contribution >= 0.6 is 0 Å². The van der Waals surface area contributed by atoms with E-state index in [-0.39, 0.29) is 71.5 Å². The maximum Gasteiger partial charge on any atom is 1.00 e. The first-order chi connectivity index (χ1) is 23.9. The molecule has 1 aromatic rings. The number of likely N-dealkylation sites (tertiary alicyclic amines) is 1. The Morgan fingerprint density at radius 2 is 1.81 bits per heavy atom. The van der Waals surface area contributed by atoms with Crippen molar-refractivity contribution in [1.82, 2.24) is 15.1 Å². The van der Waals surface area contributed by atoms with Gasteiger partial charge in [-0.3, -0.25) is 14.5 Å². The van der Waals surface area contributed by atoms with Gasteiger partial charge in [0.15, 0.2) is 0 Å². The van der Waals surface area contributed by atoms with Gasteiger partial charge in [0.2, 0.25) is 11.8 Å². The molecule has 4 N–H and O–H groups in total. The number of rotatable bonds is 11. The average molecular weight is 760 g/mol. The van der Waals surface area contributed by atoms with Crippen LogP contribution in [-0.2, 0) is 42.2 Å². The van der Waals surface area contributed by atoms with Gasteiger partial charge in [0, 0.05) is 29.8 Å². The molecule has 3 fully saturated rings. The molecule has 2 saturated carbocycles. The molecule has 4 aliphatic rings. The molecule has 5 amide bonds. The second-order valence-electron chi connectivity index (χ2n) is 14.1. The number of carboxylic acid groups (broad SMARTS) is 1. The number of nitrogens with zero attached hydrogens (tertiary/aromatic N) is 3. The number of halogens is 1. The predicted molar refractivity (Wildman–Crippen MR) is 187 cm³/mol. The van der Waals surface area contributed by atoms with Gasteiger partial charge in [-0.1, -0.05) is 44.1 Å². The Morgan fingerprint density at radius 1 is 1.12 bits per heavy atom. The van der Waals surface area contributed by atoms with Gasteiger partial charge in [0.05, 0.1) is 22.5 Å². The molecule has 17 heteroatoms. The van der Waals surface area contributed by atoms with Crippen LogP contribution in [0.15, 0.2) is 30.4 Å². The summed E-state index contributed by atoms with van der Waals surface area (Å²) in [5.41, 5.74) is 5.88. The fraction of sp³-hybridized carbons (Fsp3) is 0.629. The van der Waals surface area contributed by atoms with E-state index in [9.17, 15) is 36.8 Å². The van der Waals surface area contributed by atoms with Gasteiger partial charge in [0.25, 0.3) is 0 Å². The molecule has 0 aromatic heterocycles. The second-order valence-corrected chi connectivity index (χ2v) is 16.0. The molecule has 1 aromatic carbocycles. The van der Waals surface area contributed by atoms with Crippen molar-refractivity contribution in [3.05, 3.63) is 52.0 Å².